The molecule has 0 atom stereocenters. The van der Waals surface area contributed by atoms with E-state index < -0.39 is 0 Å². The molecule has 0 bridgehead atoms. The lowest BCUT2D eigenvalue weighted by atomic mass is 9.94. The molecule has 3 N–H and O–H groups in total. The minimum absolute atomic E-state index is 0.151. The fourth-order valence-corrected chi connectivity index (χ4v) is 2.30. The predicted octanol–water partition coefficient (Wildman–Crippen LogP) is 1.97. The topological polar surface area (TPSA) is 64.3 Å². The molecule has 0 aromatic carbocycles. The van der Waals surface area contributed by atoms with Crippen LogP contribution in [-0.4, -0.2) is 31.2 Å². The molecule has 0 heterocycles. The van der Waals surface area contributed by atoms with Crippen molar-refractivity contribution in [3.8, 4) is 0 Å². The largest absolute Gasteiger partial charge is 0.376 e. The number of ether oxygens (including phenoxy) is 1. The highest BCUT2D eigenvalue weighted by atomic mass is 16.5. The maximum atomic E-state index is 11.4. The Morgan fingerprint density at radius 1 is 1.28 bits per heavy atom. The molecule has 1 aliphatic rings. The Bertz CT molecular complexity index is 226. The third kappa shape index (κ3) is 6.97. The molecular formula is C14H28N2O2. The number of carbonyl (C=O) groups excluding carboxylic acids is 1. The number of nitrogens with one attached hydrogen (secondary N) is 1. The van der Waals surface area contributed by atoms with E-state index in [0.29, 0.717) is 31.7 Å². The van der Waals surface area contributed by atoms with E-state index in [4.69, 9.17) is 10.5 Å². The summed E-state index contributed by atoms with van der Waals surface area (Å²) in [5, 5.41) is 2.90. The van der Waals surface area contributed by atoms with E-state index in [9.17, 15) is 4.79 Å². The Morgan fingerprint density at radius 2 is 2.00 bits per heavy atom. The summed E-state index contributed by atoms with van der Waals surface area (Å²) in [5.74, 6) is 0.151. The normalized spacial score (nSPS) is 23.9. The van der Waals surface area contributed by atoms with Crippen molar-refractivity contribution in [1.82, 2.24) is 5.32 Å². The molecule has 0 aromatic rings. The van der Waals surface area contributed by atoms with E-state index in [1.54, 1.807) is 0 Å². The number of rotatable bonds is 8. The standard InChI is InChI=1S/C14H28N2O2/c1-2-3-4-5-14(17)16-10-11-18-13-8-6-12(15)7-9-13/h12-13H,2-11,15H2,1H3,(H,16,17). The minimum Gasteiger partial charge on any atom is -0.376 e. The summed E-state index contributed by atoms with van der Waals surface area (Å²) >= 11 is 0. The van der Waals surface area contributed by atoms with Gasteiger partial charge in [-0.25, -0.2) is 0 Å². The first-order valence-electron chi connectivity index (χ1n) is 7.36. The lowest BCUT2D eigenvalue weighted by Crippen LogP contribution is -2.32. The van der Waals surface area contributed by atoms with E-state index in [0.717, 1.165) is 44.9 Å². The van der Waals surface area contributed by atoms with Gasteiger partial charge in [0, 0.05) is 19.0 Å². The van der Waals surface area contributed by atoms with Gasteiger partial charge in [-0.15, -0.1) is 0 Å². The first-order chi connectivity index (χ1) is 8.72. The second kappa shape index (κ2) is 9.34. The average Bonchev–Trinajstić information content (AvgIpc) is 2.37. The van der Waals surface area contributed by atoms with Gasteiger partial charge in [-0.1, -0.05) is 19.8 Å². The number of nitrogens with two attached hydrogens (primary N) is 1. The van der Waals surface area contributed by atoms with Crippen LogP contribution in [0.25, 0.3) is 0 Å². The summed E-state index contributed by atoms with van der Waals surface area (Å²) in [5.41, 5.74) is 5.84. The van der Waals surface area contributed by atoms with Crippen LogP contribution < -0.4 is 11.1 Å². The molecule has 106 valence electrons. The van der Waals surface area contributed by atoms with Gasteiger partial charge in [-0.3, -0.25) is 4.79 Å². The van der Waals surface area contributed by atoms with Crippen LogP contribution in [0.4, 0.5) is 0 Å². The molecule has 4 heteroatoms. The van der Waals surface area contributed by atoms with Crippen molar-refractivity contribution < 1.29 is 9.53 Å². The lowest BCUT2D eigenvalue weighted by Gasteiger charge is -2.26. The maximum absolute atomic E-state index is 11.4. The molecule has 0 saturated heterocycles. The number of hydrogen-bond donors (Lipinski definition) is 2. The predicted molar refractivity (Wildman–Crippen MR) is 73.3 cm³/mol. The minimum atomic E-state index is 0.151. The molecule has 0 spiro atoms. The fourth-order valence-electron chi connectivity index (χ4n) is 2.30. The van der Waals surface area contributed by atoms with Gasteiger partial charge in [0.1, 0.15) is 0 Å². The lowest BCUT2D eigenvalue weighted by molar-refractivity contribution is -0.121. The van der Waals surface area contributed by atoms with Gasteiger partial charge in [-0.2, -0.15) is 0 Å². The first-order valence-corrected chi connectivity index (χ1v) is 7.36. The van der Waals surface area contributed by atoms with E-state index in [1.807, 2.05) is 0 Å². The SMILES string of the molecule is CCCCCC(=O)NCCOC1CCC(N)CC1. The zero-order chi connectivity index (χ0) is 13.2. The van der Waals surface area contributed by atoms with Crippen LogP contribution in [0, 0.1) is 0 Å². The molecule has 1 rings (SSSR count). The van der Waals surface area contributed by atoms with Crippen LogP contribution in [-0.2, 0) is 9.53 Å². The van der Waals surface area contributed by atoms with E-state index in [1.165, 1.54) is 0 Å². The van der Waals surface area contributed by atoms with Crippen molar-refractivity contribution in [1.29, 1.82) is 0 Å². The molecule has 1 amide bonds. The van der Waals surface area contributed by atoms with E-state index >= 15 is 0 Å². The van der Waals surface area contributed by atoms with Crippen molar-refractivity contribution in [3.05, 3.63) is 0 Å². The molecule has 0 aromatic heterocycles. The third-order valence-corrected chi connectivity index (χ3v) is 3.50. The monoisotopic (exact) mass is 256 g/mol. The molecule has 4 nitrogen and oxygen atoms in total. The second-order valence-electron chi connectivity index (χ2n) is 5.21. The summed E-state index contributed by atoms with van der Waals surface area (Å²) in [6.07, 6.45) is 8.52. The van der Waals surface area contributed by atoms with Crippen LogP contribution in [0.15, 0.2) is 0 Å². The Kier molecular flexibility index (Phi) is 8.01. The Labute approximate surface area is 111 Å². The molecule has 0 radical (unpaired) electrons. The Morgan fingerprint density at radius 3 is 2.67 bits per heavy atom. The highest BCUT2D eigenvalue weighted by molar-refractivity contribution is 5.75. The molecule has 18 heavy (non-hydrogen) atoms. The summed E-state index contributed by atoms with van der Waals surface area (Å²) < 4.78 is 5.74. The summed E-state index contributed by atoms with van der Waals surface area (Å²) in [6.45, 7) is 3.40. The van der Waals surface area contributed by atoms with Gasteiger partial charge in [-0.05, 0) is 32.1 Å². The van der Waals surface area contributed by atoms with Gasteiger partial charge in [0.05, 0.1) is 12.7 Å². The highest BCUT2D eigenvalue weighted by Gasteiger charge is 2.18. The number of amides is 1. The molecule has 1 fully saturated rings. The highest BCUT2D eigenvalue weighted by Crippen LogP contribution is 2.19. The van der Waals surface area contributed by atoms with Crippen LogP contribution in [0.2, 0.25) is 0 Å². The van der Waals surface area contributed by atoms with Crippen LogP contribution in [0.1, 0.15) is 58.3 Å². The van der Waals surface area contributed by atoms with Crippen molar-refractivity contribution >= 4 is 5.91 Å². The first kappa shape index (κ1) is 15.4. The van der Waals surface area contributed by atoms with Gasteiger partial charge in [0.25, 0.3) is 0 Å². The molecular weight excluding hydrogens is 228 g/mol. The van der Waals surface area contributed by atoms with E-state index in [-0.39, 0.29) is 5.91 Å². The van der Waals surface area contributed by atoms with Crippen LogP contribution >= 0.6 is 0 Å². The fraction of sp³-hybridized carbons (Fsp3) is 0.929. The Balaban J connectivity index is 1.93. The smallest absolute Gasteiger partial charge is 0.220 e. The van der Waals surface area contributed by atoms with Crippen LogP contribution in [0.3, 0.4) is 0 Å². The average molecular weight is 256 g/mol. The summed E-state index contributed by atoms with van der Waals surface area (Å²) in [6, 6.07) is 0.364. The summed E-state index contributed by atoms with van der Waals surface area (Å²) in [7, 11) is 0. The number of unbranched alkanes of at least 4 members (excludes halogenated alkanes) is 2. The third-order valence-electron chi connectivity index (χ3n) is 3.50. The van der Waals surface area contributed by atoms with Gasteiger partial charge in [0.2, 0.25) is 5.91 Å². The van der Waals surface area contributed by atoms with Gasteiger partial charge in [0.15, 0.2) is 0 Å². The quantitative estimate of drug-likeness (QED) is 0.653. The van der Waals surface area contributed by atoms with E-state index in [2.05, 4.69) is 12.2 Å². The van der Waals surface area contributed by atoms with Gasteiger partial charge >= 0.3 is 0 Å². The van der Waals surface area contributed by atoms with Crippen molar-refractivity contribution in [2.75, 3.05) is 13.2 Å². The van der Waals surface area contributed by atoms with Gasteiger partial charge < -0.3 is 15.8 Å². The second-order valence-corrected chi connectivity index (χ2v) is 5.21. The molecule has 1 aliphatic carbocycles. The van der Waals surface area contributed by atoms with Crippen molar-refractivity contribution in [2.24, 2.45) is 5.73 Å². The Hall–Kier alpha value is -0.610. The molecule has 1 saturated carbocycles. The van der Waals surface area contributed by atoms with Crippen molar-refractivity contribution in [2.45, 2.75) is 70.4 Å². The maximum Gasteiger partial charge on any atom is 0.220 e. The zero-order valence-corrected chi connectivity index (χ0v) is 11.6. The van der Waals surface area contributed by atoms with Crippen LogP contribution in [0.5, 0.6) is 0 Å². The zero-order valence-electron chi connectivity index (χ0n) is 11.6. The number of hydrogen-bond acceptors (Lipinski definition) is 3. The number of carbonyl (C=O) groups is 1. The van der Waals surface area contributed by atoms with Crippen molar-refractivity contribution in [3.63, 3.8) is 0 Å². The molecule has 0 unspecified atom stereocenters. The molecule has 0 aliphatic heterocycles. The summed E-state index contributed by atoms with van der Waals surface area (Å²) in [4.78, 5) is 11.4.